The van der Waals surface area contributed by atoms with Gasteiger partial charge in [0.2, 0.25) is 0 Å². The van der Waals surface area contributed by atoms with Crippen molar-refractivity contribution in [2.24, 2.45) is 11.5 Å². The molecule has 0 amide bonds. The van der Waals surface area contributed by atoms with Crippen LogP contribution >= 0.6 is 11.3 Å². The average molecular weight is 336 g/mol. The van der Waals surface area contributed by atoms with Gasteiger partial charge in [-0.05, 0) is 26.0 Å². The van der Waals surface area contributed by atoms with Gasteiger partial charge < -0.3 is 26.8 Å². The summed E-state index contributed by atoms with van der Waals surface area (Å²) in [5.41, 5.74) is 18.1. The Kier molecular flexibility index (Phi) is 5.81. The van der Waals surface area contributed by atoms with Crippen LogP contribution in [0.25, 0.3) is 10.1 Å². The molecule has 0 saturated carbocycles. The van der Waals surface area contributed by atoms with Crippen molar-refractivity contribution in [2.45, 2.75) is 18.9 Å². The number of ether oxygens (including phenoxy) is 1. The van der Waals surface area contributed by atoms with Crippen molar-refractivity contribution in [2.75, 3.05) is 37.9 Å². The maximum Gasteiger partial charge on any atom is 0.162 e. The van der Waals surface area contributed by atoms with Crippen LogP contribution in [0.5, 0.6) is 5.75 Å². The number of hydrogen-bond donors (Lipinski definition) is 3. The van der Waals surface area contributed by atoms with E-state index < -0.39 is 0 Å². The summed E-state index contributed by atoms with van der Waals surface area (Å²) in [6.45, 7) is 1.88. The van der Waals surface area contributed by atoms with E-state index in [1.165, 1.54) is 18.4 Å². The van der Waals surface area contributed by atoms with E-state index in [0.29, 0.717) is 16.6 Å². The van der Waals surface area contributed by atoms with E-state index in [1.807, 2.05) is 6.07 Å². The number of hydrogen-bond acceptors (Lipinski definition) is 7. The molecule has 1 aliphatic rings. The molecule has 1 aliphatic heterocycles. The number of thiophene rings is 1. The molecule has 2 heterocycles. The first-order valence-electron chi connectivity index (χ1n) is 7.57. The molecule has 126 valence electrons. The van der Waals surface area contributed by atoms with Gasteiger partial charge in [-0.15, -0.1) is 11.3 Å². The van der Waals surface area contributed by atoms with Crippen LogP contribution in [0, 0.1) is 0 Å². The first-order valence-corrected chi connectivity index (χ1v) is 8.39. The van der Waals surface area contributed by atoms with E-state index in [-0.39, 0.29) is 0 Å². The number of rotatable bonds is 3. The monoisotopic (exact) mass is 336 g/mol. The number of nitrogens with two attached hydrogens (primary N) is 3. The van der Waals surface area contributed by atoms with Crippen LogP contribution < -0.4 is 26.8 Å². The maximum atomic E-state index is 11.1. The Morgan fingerprint density at radius 2 is 1.96 bits per heavy atom. The number of nitrogen functional groups attached to an aromatic ring is 1. The Morgan fingerprint density at radius 1 is 1.30 bits per heavy atom. The van der Waals surface area contributed by atoms with E-state index in [0.717, 1.165) is 53.7 Å². The zero-order valence-corrected chi connectivity index (χ0v) is 14.4. The van der Waals surface area contributed by atoms with Crippen molar-refractivity contribution in [1.82, 2.24) is 0 Å². The van der Waals surface area contributed by atoms with Crippen LogP contribution in [-0.2, 0) is 0 Å². The number of nitrogens with zero attached hydrogens (tertiary/aromatic N) is 1. The molecule has 2 aromatic rings. The fourth-order valence-corrected chi connectivity index (χ4v) is 3.80. The van der Waals surface area contributed by atoms with Crippen molar-refractivity contribution in [3.8, 4) is 5.75 Å². The molecule has 0 spiro atoms. The summed E-state index contributed by atoms with van der Waals surface area (Å²) < 4.78 is 6.46. The average Bonchev–Trinajstić information content (AvgIpc) is 2.92. The summed E-state index contributed by atoms with van der Waals surface area (Å²) in [6, 6.07) is 4.38. The lowest BCUT2D eigenvalue weighted by Crippen LogP contribution is -2.39. The third kappa shape index (κ3) is 3.41. The maximum absolute atomic E-state index is 11.1. The molecular weight excluding hydrogens is 312 g/mol. The minimum Gasteiger partial charge on any atom is -0.496 e. The number of aldehydes is 1. The molecule has 0 atom stereocenters. The molecule has 0 unspecified atom stereocenters. The fraction of sp³-hybridized carbons (Fsp3) is 0.438. The van der Waals surface area contributed by atoms with Crippen LogP contribution in [0.2, 0.25) is 0 Å². The van der Waals surface area contributed by atoms with Gasteiger partial charge in [-0.3, -0.25) is 4.79 Å². The minimum atomic E-state index is 0.297. The second-order valence-electron chi connectivity index (χ2n) is 5.34. The molecule has 6 nitrogen and oxygen atoms in total. The third-order valence-corrected chi connectivity index (χ3v) is 5.12. The van der Waals surface area contributed by atoms with E-state index in [4.69, 9.17) is 16.2 Å². The van der Waals surface area contributed by atoms with Crippen molar-refractivity contribution in [3.63, 3.8) is 0 Å². The van der Waals surface area contributed by atoms with Gasteiger partial charge in [0, 0.05) is 35.6 Å². The number of piperidine rings is 1. The lowest BCUT2D eigenvalue weighted by molar-refractivity contribution is 0.112. The zero-order chi connectivity index (χ0) is 17.0. The molecule has 1 aromatic heterocycles. The summed E-state index contributed by atoms with van der Waals surface area (Å²) in [7, 11) is 3.13. The Balaban J connectivity index is 0.000000924. The highest BCUT2D eigenvalue weighted by Gasteiger charge is 2.20. The van der Waals surface area contributed by atoms with Crippen LogP contribution in [-0.4, -0.2) is 39.6 Å². The van der Waals surface area contributed by atoms with Crippen LogP contribution in [0.15, 0.2) is 12.1 Å². The molecule has 6 N–H and O–H groups in total. The van der Waals surface area contributed by atoms with Gasteiger partial charge in [-0.1, -0.05) is 0 Å². The van der Waals surface area contributed by atoms with Crippen molar-refractivity contribution < 1.29 is 9.53 Å². The summed E-state index contributed by atoms with van der Waals surface area (Å²) in [6.07, 6.45) is 2.79. The molecule has 1 saturated heterocycles. The smallest absolute Gasteiger partial charge is 0.162 e. The molecule has 1 aromatic carbocycles. The van der Waals surface area contributed by atoms with Gasteiger partial charge in [0.15, 0.2) is 6.29 Å². The molecule has 0 aliphatic carbocycles. The van der Waals surface area contributed by atoms with E-state index in [1.54, 1.807) is 7.11 Å². The molecule has 0 bridgehead atoms. The standard InChI is InChI=1S/C15H19N3O2S.CH5N/c1-20-11-6-10(18-4-2-9(16)3-5-18)7-12-14(11)15(17)13(8-19)21-12;1-2/h6-9H,2-5,16-17H2,1H3;2H2,1H3. The normalized spacial score (nSPS) is 15.2. The van der Waals surface area contributed by atoms with Gasteiger partial charge in [0.25, 0.3) is 0 Å². The Bertz CT molecular complexity index is 678. The quantitative estimate of drug-likeness (QED) is 0.738. The molecule has 0 radical (unpaired) electrons. The summed E-state index contributed by atoms with van der Waals surface area (Å²) in [4.78, 5) is 13.9. The van der Waals surface area contributed by atoms with Crippen molar-refractivity contribution in [3.05, 3.63) is 17.0 Å². The lowest BCUT2D eigenvalue weighted by Gasteiger charge is -2.32. The molecule has 1 fully saturated rings. The predicted molar refractivity (Wildman–Crippen MR) is 97.7 cm³/mol. The highest BCUT2D eigenvalue weighted by atomic mass is 32.1. The van der Waals surface area contributed by atoms with E-state index >= 15 is 0 Å². The van der Waals surface area contributed by atoms with Crippen LogP contribution in [0.1, 0.15) is 22.5 Å². The van der Waals surface area contributed by atoms with Crippen LogP contribution in [0.4, 0.5) is 11.4 Å². The number of anilines is 2. The van der Waals surface area contributed by atoms with E-state index in [2.05, 4.69) is 16.7 Å². The Hall–Kier alpha value is -1.83. The topological polar surface area (TPSA) is 108 Å². The highest BCUT2D eigenvalue weighted by molar-refractivity contribution is 7.21. The SMILES string of the molecule is CN.COc1cc(N2CCC(N)CC2)cc2sc(C=O)c(N)c12. The largest absolute Gasteiger partial charge is 0.496 e. The van der Waals surface area contributed by atoms with Crippen LogP contribution in [0.3, 0.4) is 0 Å². The second kappa shape index (κ2) is 7.63. The minimum absolute atomic E-state index is 0.297. The first-order chi connectivity index (χ1) is 11.1. The molecule has 3 rings (SSSR count). The number of carbonyl (C=O) groups excluding carboxylic acids is 1. The number of methoxy groups -OCH3 is 1. The number of carbonyl (C=O) groups is 1. The van der Waals surface area contributed by atoms with Gasteiger partial charge >= 0.3 is 0 Å². The van der Waals surface area contributed by atoms with Crippen molar-refractivity contribution >= 4 is 39.1 Å². The zero-order valence-electron chi connectivity index (χ0n) is 13.5. The summed E-state index contributed by atoms with van der Waals surface area (Å²) >= 11 is 1.41. The Labute approximate surface area is 140 Å². The highest BCUT2D eigenvalue weighted by Crippen LogP contribution is 2.42. The number of fused-ring (bicyclic) bond motifs is 1. The first kappa shape index (κ1) is 17.5. The predicted octanol–water partition coefficient (Wildman–Crippen LogP) is 1.81. The third-order valence-electron chi connectivity index (χ3n) is 4.04. The summed E-state index contributed by atoms with van der Waals surface area (Å²) in [5, 5.41) is 0.835. The van der Waals surface area contributed by atoms with Gasteiger partial charge in [-0.2, -0.15) is 0 Å². The molecule has 7 heteroatoms. The second-order valence-corrected chi connectivity index (χ2v) is 6.43. The Morgan fingerprint density at radius 3 is 2.52 bits per heavy atom. The molecule has 23 heavy (non-hydrogen) atoms. The van der Waals surface area contributed by atoms with Gasteiger partial charge in [0.1, 0.15) is 5.75 Å². The van der Waals surface area contributed by atoms with Crippen molar-refractivity contribution in [1.29, 1.82) is 0 Å². The van der Waals surface area contributed by atoms with Gasteiger partial charge in [0.05, 0.1) is 23.1 Å². The number of benzene rings is 1. The van der Waals surface area contributed by atoms with Gasteiger partial charge in [-0.25, -0.2) is 0 Å². The molecular formula is C16H24N4O2S. The van der Waals surface area contributed by atoms with E-state index in [9.17, 15) is 4.79 Å². The fourth-order valence-electron chi connectivity index (χ4n) is 2.81. The lowest BCUT2D eigenvalue weighted by atomic mass is 10.0. The summed E-state index contributed by atoms with van der Waals surface area (Å²) in [5.74, 6) is 0.722.